The molecule has 0 aromatic heterocycles. The number of hydrogen-bond acceptors (Lipinski definition) is 2. The molecule has 0 aliphatic rings. The summed E-state index contributed by atoms with van der Waals surface area (Å²) in [5.41, 5.74) is 0.381. The van der Waals surface area contributed by atoms with Crippen LogP contribution in [0.15, 0.2) is 36.6 Å². The summed E-state index contributed by atoms with van der Waals surface area (Å²) in [5.74, 6) is 0.883. The maximum Gasteiger partial charge on any atom is 0.168 e. The minimum absolute atomic E-state index is 0.144. The molecule has 1 rings (SSSR count). The lowest BCUT2D eigenvalue weighted by molar-refractivity contribution is 0.0858. The molecule has 16 heavy (non-hydrogen) atoms. The number of Topliss-reactive ketones (excluding diaryl/α,β-unsaturated/α-hetero) is 1. The number of benzene rings is 1. The van der Waals surface area contributed by atoms with Gasteiger partial charge < -0.3 is 4.74 Å². The van der Waals surface area contributed by atoms with Gasteiger partial charge in [-0.25, -0.2) is 0 Å². The molecule has 0 bridgehead atoms. The predicted molar refractivity (Wildman–Crippen MR) is 65.7 cm³/mol. The molecule has 0 spiro atoms. The van der Waals surface area contributed by atoms with Crippen LogP contribution >= 0.6 is 0 Å². The van der Waals surface area contributed by atoms with Gasteiger partial charge in [-0.15, -0.1) is 0 Å². The largest absolute Gasteiger partial charge is 0.465 e. The zero-order valence-electron chi connectivity index (χ0n) is 10.3. The van der Waals surface area contributed by atoms with Crippen LogP contribution in [0.25, 0.3) is 0 Å². The molecule has 0 saturated carbocycles. The van der Waals surface area contributed by atoms with E-state index in [9.17, 15) is 4.79 Å². The van der Waals surface area contributed by atoms with E-state index in [0.717, 1.165) is 11.3 Å². The normalized spacial score (nSPS) is 11.8. The van der Waals surface area contributed by atoms with Crippen molar-refractivity contribution in [3.63, 3.8) is 0 Å². The molecular formula is C14H18O2. The fraction of sp³-hybridized carbons (Fsp3) is 0.357. The number of hydrogen-bond donors (Lipinski definition) is 0. The molecule has 0 heterocycles. The van der Waals surface area contributed by atoms with E-state index in [-0.39, 0.29) is 11.2 Å². The Morgan fingerprint density at radius 1 is 1.19 bits per heavy atom. The van der Waals surface area contributed by atoms with Crippen LogP contribution in [0.3, 0.4) is 0 Å². The summed E-state index contributed by atoms with van der Waals surface area (Å²) in [6.07, 6.45) is 3.43. The van der Waals surface area contributed by atoms with Crippen molar-refractivity contribution < 1.29 is 9.53 Å². The van der Waals surface area contributed by atoms with Crippen molar-refractivity contribution in [2.45, 2.75) is 27.7 Å². The Bertz CT molecular complexity index is 380. The van der Waals surface area contributed by atoms with E-state index < -0.39 is 0 Å². The van der Waals surface area contributed by atoms with Gasteiger partial charge >= 0.3 is 0 Å². The molecular weight excluding hydrogens is 200 g/mol. The molecule has 0 unspecified atom stereocenters. The molecule has 0 amide bonds. The van der Waals surface area contributed by atoms with Gasteiger partial charge in [-0.2, -0.15) is 0 Å². The number of carbonyl (C=O) groups is 1. The van der Waals surface area contributed by atoms with Crippen LogP contribution < -0.4 is 4.74 Å². The molecule has 0 saturated heterocycles. The van der Waals surface area contributed by atoms with Crippen LogP contribution in [0.1, 0.15) is 38.1 Å². The van der Waals surface area contributed by atoms with E-state index >= 15 is 0 Å². The zero-order chi connectivity index (χ0) is 12.2. The second-order valence-corrected chi connectivity index (χ2v) is 4.69. The maximum absolute atomic E-state index is 11.9. The molecule has 0 N–H and O–H groups in total. The summed E-state index contributed by atoms with van der Waals surface area (Å²) < 4.78 is 5.28. The first-order valence-electron chi connectivity index (χ1n) is 5.38. The average molecular weight is 218 g/mol. The third-order valence-corrected chi connectivity index (χ3v) is 2.14. The Kier molecular flexibility index (Phi) is 3.88. The van der Waals surface area contributed by atoms with Gasteiger partial charge in [0.15, 0.2) is 5.78 Å². The van der Waals surface area contributed by atoms with E-state index in [4.69, 9.17) is 4.74 Å². The Hall–Kier alpha value is -1.57. The average Bonchev–Trinajstić information content (AvgIpc) is 2.25. The van der Waals surface area contributed by atoms with Crippen molar-refractivity contribution in [2.75, 3.05) is 0 Å². The van der Waals surface area contributed by atoms with Crippen LogP contribution in [0, 0.1) is 5.41 Å². The van der Waals surface area contributed by atoms with Gasteiger partial charge in [-0.1, -0.05) is 26.8 Å². The first kappa shape index (κ1) is 12.5. The number of carbonyl (C=O) groups excluding carboxylic acids is 1. The predicted octanol–water partition coefficient (Wildman–Crippen LogP) is 3.83. The quantitative estimate of drug-likeness (QED) is 0.569. The van der Waals surface area contributed by atoms with Crippen molar-refractivity contribution in [3.05, 3.63) is 42.2 Å². The molecule has 1 aromatic carbocycles. The van der Waals surface area contributed by atoms with Crippen LogP contribution in [-0.2, 0) is 0 Å². The molecule has 0 aliphatic heterocycles. The first-order valence-corrected chi connectivity index (χ1v) is 5.38. The van der Waals surface area contributed by atoms with E-state index in [1.807, 2.05) is 33.8 Å². The molecule has 1 aromatic rings. The Morgan fingerprint density at radius 3 is 2.19 bits per heavy atom. The van der Waals surface area contributed by atoms with Gasteiger partial charge in [0.05, 0.1) is 6.26 Å². The van der Waals surface area contributed by atoms with Gasteiger partial charge in [0.1, 0.15) is 5.75 Å². The minimum atomic E-state index is -0.342. The highest BCUT2D eigenvalue weighted by molar-refractivity contribution is 5.99. The van der Waals surface area contributed by atoms with E-state index in [1.54, 1.807) is 30.5 Å². The van der Waals surface area contributed by atoms with Gasteiger partial charge in [0, 0.05) is 11.0 Å². The zero-order valence-corrected chi connectivity index (χ0v) is 10.3. The molecule has 2 nitrogen and oxygen atoms in total. The lowest BCUT2D eigenvalue weighted by atomic mass is 9.86. The van der Waals surface area contributed by atoms with Crippen LogP contribution in [0.2, 0.25) is 0 Å². The SMILES string of the molecule is CC=COc1ccc(C(=O)C(C)(C)C)cc1. The number of rotatable bonds is 3. The fourth-order valence-electron chi connectivity index (χ4n) is 1.26. The lowest BCUT2D eigenvalue weighted by Crippen LogP contribution is -2.19. The van der Waals surface area contributed by atoms with Crippen LogP contribution in [0.4, 0.5) is 0 Å². The third-order valence-electron chi connectivity index (χ3n) is 2.14. The van der Waals surface area contributed by atoms with Gasteiger partial charge in [0.25, 0.3) is 0 Å². The number of allylic oxidation sites excluding steroid dienone is 1. The molecule has 0 radical (unpaired) electrons. The summed E-state index contributed by atoms with van der Waals surface area (Å²) in [6.45, 7) is 7.64. The smallest absolute Gasteiger partial charge is 0.168 e. The van der Waals surface area contributed by atoms with Crippen LogP contribution in [-0.4, -0.2) is 5.78 Å². The van der Waals surface area contributed by atoms with Gasteiger partial charge in [0.2, 0.25) is 0 Å². The third kappa shape index (κ3) is 3.23. The fourth-order valence-corrected chi connectivity index (χ4v) is 1.26. The highest BCUT2D eigenvalue weighted by atomic mass is 16.5. The van der Waals surface area contributed by atoms with E-state index in [0.29, 0.717) is 0 Å². The van der Waals surface area contributed by atoms with E-state index in [1.165, 1.54) is 0 Å². The minimum Gasteiger partial charge on any atom is -0.465 e. The summed E-state index contributed by atoms with van der Waals surface area (Å²) >= 11 is 0. The maximum atomic E-state index is 11.9. The van der Waals surface area contributed by atoms with Crippen molar-refractivity contribution in [1.29, 1.82) is 0 Å². The van der Waals surface area contributed by atoms with Crippen molar-refractivity contribution >= 4 is 5.78 Å². The summed E-state index contributed by atoms with van der Waals surface area (Å²) in [5, 5.41) is 0. The Balaban J connectivity index is 2.83. The Labute approximate surface area is 96.9 Å². The molecule has 2 heteroatoms. The lowest BCUT2D eigenvalue weighted by Gasteiger charge is -2.16. The summed E-state index contributed by atoms with van der Waals surface area (Å²) in [7, 11) is 0. The second kappa shape index (κ2) is 4.97. The standard InChI is InChI=1S/C14H18O2/c1-5-10-16-12-8-6-11(7-9-12)13(15)14(2,3)4/h5-10H,1-4H3. The summed E-state index contributed by atoms with van der Waals surface area (Å²) in [4.78, 5) is 11.9. The van der Waals surface area contributed by atoms with Crippen LogP contribution in [0.5, 0.6) is 5.75 Å². The highest BCUT2D eigenvalue weighted by Crippen LogP contribution is 2.22. The number of ketones is 1. The van der Waals surface area contributed by atoms with E-state index in [2.05, 4.69) is 0 Å². The van der Waals surface area contributed by atoms with Crippen molar-refractivity contribution in [2.24, 2.45) is 5.41 Å². The van der Waals surface area contributed by atoms with Crippen molar-refractivity contribution in [3.8, 4) is 5.75 Å². The summed E-state index contributed by atoms with van der Waals surface area (Å²) in [6, 6.07) is 7.21. The Morgan fingerprint density at radius 2 is 1.75 bits per heavy atom. The van der Waals surface area contributed by atoms with Gasteiger partial charge in [-0.05, 0) is 31.2 Å². The molecule has 0 aliphatic carbocycles. The second-order valence-electron chi connectivity index (χ2n) is 4.69. The first-order chi connectivity index (χ1) is 7.45. The van der Waals surface area contributed by atoms with Gasteiger partial charge in [-0.3, -0.25) is 4.79 Å². The topological polar surface area (TPSA) is 26.3 Å². The number of ether oxygens (including phenoxy) is 1. The van der Waals surface area contributed by atoms with Crippen molar-refractivity contribution in [1.82, 2.24) is 0 Å². The highest BCUT2D eigenvalue weighted by Gasteiger charge is 2.22. The molecule has 0 atom stereocenters. The molecule has 0 fully saturated rings. The molecule has 86 valence electrons. The monoisotopic (exact) mass is 218 g/mol.